The van der Waals surface area contributed by atoms with Crippen molar-refractivity contribution < 1.29 is 28.5 Å². The minimum absolute atomic E-state index is 0.0410. The van der Waals surface area contributed by atoms with Gasteiger partial charge in [-0.05, 0) is 61.5 Å². The van der Waals surface area contributed by atoms with E-state index in [1.807, 2.05) is 13.0 Å². The molecular formula is C30H35ClN4O7S. The summed E-state index contributed by atoms with van der Waals surface area (Å²) in [5.41, 5.74) is 1.84. The normalized spacial score (nSPS) is 18.6. The number of anilines is 1. The van der Waals surface area contributed by atoms with Crippen LogP contribution in [0.1, 0.15) is 22.2 Å². The lowest BCUT2D eigenvalue weighted by Crippen LogP contribution is -2.41. The van der Waals surface area contributed by atoms with Crippen molar-refractivity contribution in [2.24, 2.45) is 0 Å². The third-order valence-electron chi connectivity index (χ3n) is 7.28. The number of hydrogen-bond donors (Lipinski definition) is 1. The predicted molar refractivity (Wildman–Crippen MR) is 164 cm³/mol. The summed E-state index contributed by atoms with van der Waals surface area (Å²) < 4.78 is 24.7. The molecule has 2 amide bonds. The first-order valence-electron chi connectivity index (χ1n) is 14.2. The van der Waals surface area contributed by atoms with E-state index in [0.717, 1.165) is 18.7 Å². The quantitative estimate of drug-likeness (QED) is 0.322. The number of cyclic esters (lactones) is 1. The Labute approximate surface area is 258 Å². The number of nitrogens with zero attached hydrogens (tertiary/aromatic N) is 3. The van der Waals surface area contributed by atoms with Gasteiger partial charge in [0.05, 0.1) is 53.9 Å². The van der Waals surface area contributed by atoms with Crippen LogP contribution in [0, 0.1) is 6.92 Å². The fourth-order valence-corrected chi connectivity index (χ4v) is 5.97. The zero-order valence-electron chi connectivity index (χ0n) is 24.1. The number of thiophene rings is 1. The molecule has 0 radical (unpaired) electrons. The summed E-state index contributed by atoms with van der Waals surface area (Å²) >= 11 is 7.09. The second-order valence-corrected chi connectivity index (χ2v) is 12.0. The van der Waals surface area contributed by atoms with Crippen molar-refractivity contribution in [1.82, 2.24) is 14.8 Å². The van der Waals surface area contributed by atoms with Crippen molar-refractivity contribution in [2.45, 2.75) is 26.1 Å². The van der Waals surface area contributed by atoms with E-state index >= 15 is 0 Å². The van der Waals surface area contributed by atoms with Crippen LogP contribution in [0.25, 0.3) is 5.69 Å². The number of aromatic nitrogens is 1. The predicted octanol–water partition coefficient (Wildman–Crippen LogP) is 3.73. The Morgan fingerprint density at radius 1 is 1.19 bits per heavy atom. The molecule has 1 N–H and O–H groups in total. The molecule has 5 rings (SSSR count). The van der Waals surface area contributed by atoms with Gasteiger partial charge in [0.15, 0.2) is 5.75 Å². The minimum Gasteiger partial charge on any atom is -0.487 e. The van der Waals surface area contributed by atoms with Crippen LogP contribution in [0.15, 0.2) is 53.5 Å². The van der Waals surface area contributed by atoms with Crippen molar-refractivity contribution in [3.63, 3.8) is 0 Å². The van der Waals surface area contributed by atoms with Gasteiger partial charge in [0.2, 0.25) is 0 Å². The van der Waals surface area contributed by atoms with Crippen LogP contribution in [0.3, 0.4) is 0 Å². The average molecular weight is 631 g/mol. The van der Waals surface area contributed by atoms with Crippen LogP contribution in [-0.2, 0) is 14.2 Å². The first-order chi connectivity index (χ1) is 20.8. The lowest BCUT2D eigenvalue weighted by Gasteiger charge is -2.29. The Morgan fingerprint density at radius 2 is 2.05 bits per heavy atom. The smallest absolute Gasteiger partial charge is 0.414 e. The molecule has 2 saturated heterocycles. The molecule has 43 heavy (non-hydrogen) atoms. The first kappa shape index (κ1) is 31.0. The largest absolute Gasteiger partial charge is 0.487 e. The van der Waals surface area contributed by atoms with Crippen LogP contribution in [0.5, 0.6) is 5.75 Å². The van der Waals surface area contributed by atoms with E-state index in [-0.39, 0.29) is 36.4 Å². The zero-order chi connectivity index (χ0) is 30.3. The molecule has 0 saturated carbocycles. The topological polar surface area (TPSA) is 112 Å². The summed E-state index contributed by atoms with van der Waals surface area (Å²) in [6, 6.07) is 12.2. The summed E-state index contributed by atoms with van der Waals surface area (Å²) in [6.07, 6.45) is 0.732. The number of amides is 2. The number of benzene rings is 1. The maximum absolute atomic E-state index is 13.3. The zero-order valence-corrected chi connectivity index (χ0v) is 25.7. The highest BCUT2D eigenvalue weighted by Crippen LogP contribution is 2.26. The SMILES string of the molecule is CCN(CCOc1cccn(-c2ccc(N3C[C@H](CNC(=O)c4ccc(Cl)s4)OC3=O)cc2C)c1=O)CC1COCCO1. The van der Waals surface area contributed by atoms with E-state index < -0.39 is 12.2 Å². The Bertz CT molecular complexity index is 1490. The lowest BCUT2D eigenvalue weighted by atomic mass is 10.1. The van der Waals surface area contributed by atoms with Gasteiger partial charge >= 0.3 is 6.09 Å². The third kappa shape index (κ3) is 7.76. The van der Waals surface area contributed by atoms with E-state index in [2.05, 4.69) is 17.1 Å². The summed E-state index contributed by atoms with van der Waals surface area (Å²) in [7, 11) is 0. The molecule has 1 aromatic carbocycles. The fourth-order valence-electron chi connectivity index (χ4n) is 5.01. The molecule has 0 aliphatic carbocycles. The molecule has 0 spiro atoms. The number of aryl methyl sites for hydroxylation is 1. The third-order valence-corrected chi connectivity index (χ3v) is 8.51. The number of pyridine rings is 1. The Kier molecular flexibility index (Phi) is 10.4. The number of rotatable bonds is 12. The molecule has 11 nitrogen and oxygen atoms in total. The number of likely N-dealkylation sites (N-methyl/N-ethyl adjacent to an activating group) is 1. The average Bonchev–Trinajstić information content (AvgIpc) is 3.62. The first-order valence-corrected chi connectivity index (χ1v) is 15.4. The van der Waals surface area contributed by atoms with Gasteiger partial charge in [-0.25, -0.2) is 4.79 Å². The fraction of sp³-hybridized carbons (Fsp3) is 0.433. The standard InChI is InChI=1S/C30H35ClN4O7S/c1-3-33(17-23-19-39-13-14-40-23)11-12-41-25-5-4-10-34(29(25)37)24-7-6-21(15-20(24)2)35-18-22(42-30(35)38)16-32-28(36)26-8-9-27(31)43-26/h4-10,15,22-23H,3,11-14,16-19H2,1-2H3,(H,32,36)/t22-,23?/m0/s1. The number of carbonyl (C=O) groups is 2. The van der Waals surface area contributed by atoms with E-state index in [0.29, 0.717) is 53.6 Å². The van der Waals surface area contributed by atoms with Gasteiger partial charge in [0, 0.05) is 25.0 Å². The molecule has 230 valence electrons. The number of carbonyl (C=O) groups excluding carboxylic acids is 2. The molecular weight excluding hydrogens is 596 g/mol. The van der Waals surface area contributed by atoms with Gasteiger partial charge in [-0.2, -0.15) is 0 Å². The summed E-state index contributed by atoms with van der Waals surface area (Å²) in [5, 5.41) is 2.79. The summed E-state index contributed by atoms with van der Waals surface area (Å²) in [6.45, 7) is 8.82. The van der Waals surface area contributed by atoms with Gasteiger partial charge in [0.25, 0.3) is 11.5 Å². The number of hydrogen-bond acceptors (Lipinski definition) is 9. The van der Waals surface area contributed by atoms with Crippen LogP contribution in [-0.4, -0.2) is 92.8 Å². The van der Waals surface area contributed by atoms with E-state index in [4.69, 9.17) is 30.5 Å². The van der Waals surface area contributed by atoms with Crippen molar-refractivity contribution in [2.75, 3.05) is 64.1 Å². The van der Waals surface area contributed by atoms with Gasteiger partial charge in [-0.1, -0.05) is 18.5 Å². The monoisotopic (exact) mass is 630 g/mol. The van der Waals surface area contributed by atoms with E-state index in [9.17, 15) is 14.4 Å². The minimum atomic E-state index is -0.504. The maximum Gasteiger partial charge on any atom is 0.414 e. The van der Waals surface area contributed by atoms with Crippen molar-refractivity contribution in [1.29, 1.82) is 0 Å². The molecule has 3 aromatic rings. The number of ether oxygens (including phenoxy) is 4. The van der Waals surface area contributed by atoms with Gasteiger partial charge in [-0.3, -0.25) is 24.0 Å². The van der Waals surface area contributed by atoms with Gasteiger partial charge < -0.3 is 24.3 Å². The molecule has 4 heterocycles. The van der Waals surface area contributed by atoms with Gasteiger partial charge in [0.1, 0.15) is 12.7 Å². The maximum atomic E-state index is 13.3. The molecule has 2 atom stereocenters. The van der Waals surface area contributed by atoms with Crippen LogP contribution in [0.4, 0.5) is 10.5 Å². The van der Waals surface area contributed by atoms with E-state index in [1.54, 1.807) is 42.6 Å². The molecule has 2 aliphatic heterocycles. The molecule has 2 aromatic heterocycles. The Balaban J connectivity index is 1.18. The second-order valence-electron chi connectivity index (χ2n) is 10.3. The van der Waals surface area contributed by atoms with Crippen LogP contribution < -0.4 is 20.5 Å². The molecule has 0 bridgehead atoms. The van der Waals surface area contributed by atoms with E-state index in [1.165, 1.54) is 20.8 Å². The highest BCUT2D eigenvalue weighted by atomic mass is 35.5. The molecule has 13 heteroatoms. The number of halogens is 1. The summed E-state index contributed by atoms with van der Waals surface area (Å²) in [4.78, 5) is 42.5. The van der Waals surface area contributed by atoms with Crippen molar-refractivity contribution in [3.05, 3.63) is 73.8 Å². The van der Waals surface area contributed by atoms with Crippen LogP contribution >= 0.6 is 22.9 Å². The molecule has 2 aliphatic rings. The summed E-state index contributed by atoms with van der Waals surface area (Å²) in [5.74, 6) is -0.00723. The van der Waals surface area contributed by atoms with Crippen LogP contribution in [0.2, 0.25) is 4.34 Å². The molecule has 1 unspecified atom stereocenters. The van der Waals surface area contributed by atoms with Crippen molar-refractivity contribution >= 4 is 40.6 Å². The van der Waals surface area contributed by atoms with Gasteiger partial charge in [-0.15, -0.1) is 11.3 Å². The van der Waals surface area contributed by atoms with Crippen molar-refractivity contribution in [3.8, 4) is 11.4 Å². The Hall–Kier alpha value is -3.42. The highest BCUT2D eigenvalue weighted by molar-refractivity contribution is 7.18. The highest BCUT2D eigenvalue weighted by Gasteiger charge is 2.33. The lowest BCUT2D eigenvalue weighted by molar-refractivity contribution is -0.0976. The second kappa shape index (κ2) is 14.4. The Morgan fingerprint density at radius 3 is 2.77 bits per heavy atom. The number of nitrogens with one attached hydrogen (secondary N) is 1. The molecule has 2 fully saturated rings.